The van der Waals surface area contributed by atoms with Crippen molar-refractivity contribution in [2.45, 2.75) is 39.3 Å². The molecule has 1 saturated heterocycles. The Hall–Kier alpha value is -1.76. The zero-order chi connectivity index (χ0) is 18.4. The predicted molar refractivity (Wildman–Crippen MR) is 106 cm³/mol. The van der Waals surface area contributed by atoms with Crippen molar-refractivity contribution in [1.82, 2.24) is 15.2 Å². The summed E-state index contributed by atoms with van der Waals surface area (Å²) in [5.41, 5.74) is 8.44. The molecule has 0 bridgehead atoms. The third-order valence-electron chi connectivity index (χ3n) is 4.90. The van der Waals surface area contributed by atoms with Gasteiger partial charge >= 0.3 is 0 Å². The molecule has 0 radical (unpaired) electrons. The van der Waals surface area contributed by atoms with Crippen molar-refractivity contribution < 1.29 is 4.79 Å². The fourth-order valence-electron chi connectivity index (χ4n) is 3.17. The molecule has 0 spiro atoms. The van der Waals surface area contributed by atoms with Crippen molar-refractivity contribution in [3.63, 3.8) is 0 Å². The summed E-state index contributed by atoms with van der Waals surface area (Å²) >= 11 is 1.49. The number of carbonyl (C=O) groups excluding carboxylic acids is 1. The van der Waals surface area contributed by atoms with Gasteiger partial charge in [-0.05, 0) is 49.5 Å². The van der Waals surface area contributed by atoms with Crippen LogP contribution in [-0.2, 0) is 19.5 Å². The minimum atomic E-state index is -0.129. The maximum absolute atomic E-state index is 12.2. The van der Waals surface area contributed by atoms with Gasteiger partial charge in [0.15, 0.2) is 0 Å². The summed E-state index contributed by atoms with van der Waals surface area (Å²) in [5.74, 6) is 0.734. The smallest absolute Gasteiger partial charge is 0.271 e. The van der Waals surface area contributed by atoms with Gasteiger partial charge in [0.1, 0.15) is 5.69 Å². The van der Waals surface area contributed by atoms with Gasteiger partial charge in [-0.2, -0.15) is 0 Å². The summed E-state index contributed by atoms with van der Waals surface area (Å²) in [6, 6.07) is 8.54. The van der Waals surface area contributed by atoms with Gasteiger partial charge in [-0.1, -0.05) is 31.2 Å². The van der Waals surface area contributed by atoms with Gasteiger partial charge in [0.25, 0.3) is 5.91 Å². The van der Waals surface area contributed by atoms with Crippen LogP contribution in [0.1, 0.15) is 46.4 Å². The van der Waals surface area contributed by atoms with Gasteiger partial charge in [0, 0.05) is 24.9 Å². The van der Waals surface area contributed by atoms with E-state index >= 15 is 0 Å². The summed E-state index contributed by atoms with van der Waals surface area (Å²) < 4.78 is 0. The second-order valence-corrected chi connectivity index (χ2v) is 8.07. The normalized spacial score (nSPS) is 15.9. The number of amides is 1. The highest BCUT2D eigenvalue weighted by Crippen LogP contribution is 2.18. The molecule has 0 aliphatic carbocycles. The van der Waals surface area contributed by atoms with Crippen molar-refractivity contribution in [2.24, 2.45) is 11.7 Å². The molecule has 1 aromatic carbocycles. The molecule has 1 fully saturated rings. The van der Waals surface area contributed by atoms with Gasteiger partial charge in [0.2, 0.25) is 0 Å². The molecular weight excluding hydrogens is 344 g/mol. The molecule has 6 heteroatoms. The van der Waals surface area contributed by atoms with Crippen LogP contribution in [0.2, 0.25) is 0 Å². The summed E-state index contributed by atoms with van der Waals surface area (Å²) in [6.07, 6.45) is 3.32. The number of nitrogens with two attached hydrogens (primary N) is 1. The Balaban J connectivity index is 1.47. The van der Waals surface area contributed by atoms with Crippen LogP contribution >= 0.6 is 11.3 Å². The number of thiazole rings is 1. The average molecular weight is 373 g/mol. The maximum Gasteiger partial charge on any atom is 0.271 e. The number of carbonyl (C=O) groups is 1. The fraction of sp³-hybridized carbons (Fsp3) is 0.500. The molecule has 2 aromatic rings. The minimum absolute atomic E-state index is 0.129. The number of rotatable bonds is 7. The largest absolute Gasteiger partial charge is 0.347 e. The molecule has 1 aliphatic heterocycles. The molecule has 3 N–H and O–H groups in total. The highest BCUT2D eigenvalue weighted by molar-refractivity contribution is 7.09. The number of nitrogens with zero attached hydrogens (tertiary/aromatic N) is 2. The molecule has 0 atom stereocenters. The standard InChI is InChI=1S/C20H28N4OS/c1-15-7-10-24(11-8-15)13-17-4-2-16(3-5-17)12-22-20(25)18-14-26-19(23-18)6-9-21/h2-5,14-15H,6-13,21H2,1H3,(H,22,25). The van der Waals surface area contributed by atoms with E-state index < -0.39 is 0 Å². The Morgan fingerprint density at radius 1 is 1.27 bits per heavy atom. The molecule has 1 aromatic heterocycles. The fourth-order valence-corrected chi connectivity index (χ4v) is 3.96. The van der Waals surface area contributed by atoms with E-state index in [-0.39, 0.29) is 5.91 Å². The van der Waals surface area contributed by atoms with Crippen LogP contribution in [0.4, 0.5) is 0 Å². The van der Waals surface area contributed by atoms with Crippen molar-refractivity contribution >= 4 is 17.2 Å². The topological polar surface area (TPSA) is 71.2 Å². The number of hydrogen-bond acceptors (Lipinski definition) is 5. The molecule has 1 amide bonds. The summed E-state index contributed by atoms with van der Waals surface area (Å²) in [5, 5.41) is 5.65. The molecule has 140 valence electrons. The highest BCUT2D eigenvalue weighted by atomic mass is 32.1. The third-order valence-corrected chi connectivity index (χ3v) is 5.81. The van der Waals surface area contributed by atoms with E-state index in [1.165, 1.54) is 42.8 Å². The van der Waals surface area contributed by atoms with Crippen molar-refractivity contribution in [3.8, 4) is 0 Å². The molecular formula is C20H28N4OS. The van der Waals surface area contributed by atoms with Gasteiger partial charge in [-0.15, -0.1) is 11.3 Å². The number of nitrogens with one attached hydrogen (secondary N) is 1. The van der Waals surface area contributed by atoms with Gasteiger partial charge in [-0.25, -0.2) is 4.98 Å². The molecule has 5 nitrogen and oxygen atoms in total. The van der Waals surface area contributed by atoms with E-state index in [1.54, 1.807) is 5.38 Å². The van der Waals surface area contributed by atoms with Crippen LogP contribution in [0, 0.1) is 5.92 Å². The van der Waals surface area contributed by atoms with Crippen molar-refractivity contribution in [1.29, 1.82) is 0 Å². The van der Waals surface area contributed by atoms with Crippen LogP contribution in [0.3, 0.4) is 0 Å². The van der Waals surface area contributed by atoms with E-state index in [0.717, 1.165) is 29.5 Å². The first-order valence-electron chi connectivity index (χ1n) is 9.37. The second kappa shape index (κ2) is 9.26. The van der Waals surface area contributed by atoms with E-state index in [9.17, 15) is 4.79 Å². The summed E-state index contributed by atoms with van der Waals surface area (Å²) in [7, 11) is 0. The number of likely N-dealkylation sites (tertiary alicyclic amines) is 1. The van der Waals surface area contributed by atoms with E-state index in [0.29, 0.717) is 18.8 Å². The van der Waals surface area contributed by atoms with E-state index in [4.69, 9.17) is 5.73 Å². The SMILES string of the molecule is CC1CCN(Cc2ccc(CNC(=O)c3csc(CCN)n3)cc2)CC1. The Kier molecular flexibility index (Phi) is 6.77. The first-order valence-corrected chi connectivity index (χ1v) is 10.2. The van der Waals surface area contributed by atoms with E-state index in [2.05, 4.69) is 46.4 Å². The first-order chi connectivity index (χ1) is 12.6. The lowest BCUT2D eigenvalue weighted by Gasteiger charge is -2.30. The van der Waals surface area contributed by atoms with Gasteiger partial charge < -0.3 is 11.1 Å². The third kappa shape index (κ3) is 5.37. The number of benzene rings is 1. The number of hydrogen-bond donors (Lipinski definition) is 2. The quantitative estimate of drug-likeness (QED) is 0.784. The predicted octanol–water partition coefficient (Wildman–Crippen LogP) is 2.81. The van der Waals surface area contributed by atoms with Crippen molar-refractivity contribution in [2.75, 3.05) is 19.6 Å². The van der Waals surface area contributed by atoms with Crippen LogP contribution in [0.5, 0.6) is 0 Å². The summed E-state index contributed by atoms with van der Waals surface area (Å²) in [4.78, 5) is 19.0. The number of aromatic nitrogens is 1. The van der Waals surface area contributed by atoms with Crippen LogP contribution in [-0.4, -0.2) is 35.4 Å². The van der Waals surface area contributed by atoms with Crippen molar-refractivity contribution in [3.05, 3.63) is 51.5 Å². The molecule has 0 unspecified atom stereocenters. The zero-order valence-corrected chi connectivity index (χ0v) is 16.2. The Morgan fingerprint density at radius 2 is 1.96 bits per heavy atom. The molecule has 3 rings (SSSR count). The lowest BCUT2D eigenvalue weighted by Crippen LogP contribution is -2.32. The second-order valence-electron chi connectivity index (χ2n) is 7.12. The van der Waals surface area contributed by atoms with Crippen LogP contribution < -0.4 is 11.1 Å². The Labute approximate surface area is 159 Å². The lowest BCUT2D eigenvalue weighted by atomic mass is 9.99. The Bertz CT molecular complexity index is 705. The first kappa shape index (κ1) is 19.0. The van der Waals surface area contributed by atoms with Crippen LogP contribution in [0.25, 0.3) is 0 Å². The molecule has 2 heterocycles. The lowest BCUT2D eigenvalue weighted by molar-refractivity contribution is 0.0946. The van der Waals surface area contributed by atoms with Gasteiger partial charge in [0.05, 0.1) is 5.01 Å². The highest BCUT2D eigenvalue weighted by Gasteiger charge is 2.15. The monoisotopic (exact) mass is 372 g/mol. The molecule has 26 heavy (non-hydrogen) atoms. The van der Waals surface area contributed by atoms with E-state index in [1.807, 2.05) is 0 Å². The zero-order valence-electron chi connectivity index (χ0n) is 15.4. The van der Waals surface area contributed by atoms with Crippen LogP contribution in [0.15, 0.2) is 29.6 Å². The Morgan fingerprint density at radius 3 is 2.65 bits per heavy atom. The maximum atomic E-state index is 12.2. The van der Waals surface area contributed by atoms with Gasteiger partial charge in [-0.3, -0.25) is 9.69 Å². The number of piperidine rings is 1. The summed E-state index contributed by atoms with van der Waals surface area (Å²) in [6.45, 7) is 6.81. The molecule has 0 saturated carbocycles. The minimum Gasteiger partial charge on any atom is -0.347 e. The molecule has 1 aliphatic rings. The average Bonchev–Trinajstić information content (AvgIpc) is 3.12.